The lowest BCUT2D eigenvalue weighted by molar-refractivity contribution is -0.137. The Bertz CT molecular complexity index is 1320. The minimum atomic E-state index is -1.03. The van der Waals surface area contributed by atoms with E-state index in [4.69, 9.17) is 4.74 Å². The second-order valence-electron chi connectivity index (χ2n) is 12.4. The van der Waals surface area contributed by atoms with Crippen LogP contribution in [0.5, 0.6) is 5.75 Å². The molecule has 39 heavy (non-hydrogen) atoms. The third-order valence-electron chi connectivity index (χ3n) is 7.62. The predicted molar refractivity (Wildman–Crippen MR) is 156 cm³/mol. The van der Waals surface area contributed by atoms with E-state index in [1.807, 2.05) is 36.4 Å². The van der Waals surface area contributed by atoms with Gasteiger partial charge in [0.2, 0.25) is 0 Å². The molecule has 0 saturated carbocycles. The van der Waals surface area contributed by atoms with Crippen LogP contribution in [0.25, 0.3) is 0 Å². The summed E-state index contributed by atoms with van der Waals surface area (Å²) in [4.78, 5) is 26.5. The van der Waals surface area contributed by atoms with Crippen molar-refractivity contribution in [2.24, 2.45) is 0 Å². The summed E-state index contributed by atoms with van der Waals surface area (Å²) < 4.78 is 6.48. The van der Waals surface area contributed by atoms with Gasteiger partial charge in [0, 0.05) is 18.5 Å². The Morgan fingerprint density at radius 2 is 1.62 bits per heavy atom. The van der Waals surface area contributed by atoms with Crippen molar-refractivity contribution in [3.63, 3.8) is 0 Å². The number of ether oxygens (including phenoxy) is 1. The molecule has 0 unspecified atom stereocenters. The Morgan fingerprint density at radius 1 is 0.974 bits per heavy atom. The lowest BCUT2D eigenvalue weighted by Crippen LogP contribution is -2.39. The van der Waals surface area contributed by atoms with Crippen molar-refractivity contribution in [2.45, 2.75) is 84.3 Å². The molecule has 0 saturated heterocycles. The summed E-state index contributed by atoms with van der Waals surface area (Å²) >= 11 is 0. The topological polar surface area (TPSA) is 66.8 Å². The average Bonchev–Trinajstić information content (AvgIpc) is 2.87. The van der Waals surface area contributed by atoms with Crippen LogP contribution in [0.2, 0.25) is 0 Å². The lowest BCUT2D eigenvalue weighted by Gasteiger charge is -2.36. The summed E-state index contributed by atoms with van der Waals surface area (Å²) in [6, 6.07) is 22.3. The molecule has 1 heterocycles. The van der Waals surface area contributed by atoms with Gasteiger partial charge in [0.05, 0.1) is 0 Å². The van der Waals surface area contributed by atoms with E-state index in [0.29, 0.717) is 11.5 Å². The minimum Gasteiger partial charge on any atom is -0.487 e. The van der Waals surface area contributed by atoms with Crippen molar-refractivity contribution in [3.8, 4) is 5.75 Å². The quantitative estimate of drug-likeness (QED) is 0.337. The maximum absolute atomic E-state index is 13.5. The third kappa shape index (κ3) is 7.08. The van der Waals surface area contributed by atoms with Crippen LogP contribution in [0.3, 0.4) is 0 Å². The first-order valence-corrected chi connectivity index (χ1v) is 13.8. The summed E-state index contributed by atoms with van der Waals surface area (Å²) in [5, 5.41) is 9.51. The average molecular weight is 528 g/mol. The molecule has 0 aromatic heterocycles. The number of amides is 1. The van der Waals surface area contributed by atoms with Gasteiger partial charge in [0.15, 0.2) is 0 Å². The minimum absolute atomic E-state index is 0.0226. The normalized spacial score (nSPS) is 16.9. The van der Waals surface area contributed by atoms with E-state index in [2.05, 4.69) is 65.8 Å². The number of rotatable bonds is 8. The first-order chi connectivity index (χ1) is 18.3. The molecule has 0 aliphatic carbocycles. The molecule has 5 heteroatoms. The van der Waals surface area contributed by atoms with Crippen molar-refractivity contribution < 1.29 is 19.4 Å². The number of carboxylic acids is 1. The fraction of sp³-hybridized carbons (Fsp3) is 0.412. The molecule has 1 amide bonds. The van der Waals surface area contributed by atoms with Gasteiger partial charge in [-0.2, -0.15) is 0 Å². The smallest absolute Gasteiger partial charge is 0.323 e. The van der Waals surface area contributed by atoms with Crippen LogP contribution in [0.15, 0.2) is 66.7 Å². The molecule has 4 rings (SSSR count). The molecular formula is C34H41NO4. The van der Waals surface area contributed by atoms with Gasteiger partial charge >= 0.3 is 5.97 Å². The van der Waals surface area contributed by atoms with E-state index in [1.165, 1.54) is 21.6 Å². The lowest BCUT2D eigenvalue weighted by atomic mass is 9.86. The number of carbonyl (C=O) groups excluding carboxylic acids is 1. The number of fused-ring (bicyclic) bond motifs is 1. The Balaban J connectivity index is 1.48. The van der Waals surface area contributed by atoms with Crippen LogP contribution in [0, 0.1) is 0 Å². The zero-order valence-electron chi connectivity index (χ0n) is 24.1. The molecule has 3 aromatic carbocycles. The number of aryl methyl sites for hydroxylation is 1. The Kier molecular flexibility index (Phi) is 8.20. The molecule has 1 aliphatic heterocycles. The number of nitrogens with zero attached hydrogens (tertiary/aromatic N) is 1. The number of hydrogen-bond acceptors (Lipinski definition) is 3. The first-order valence-electron chi connectivity index (χ1n) is 13.8. The molecule has 5 nitrogen and oxygen atoms in total. The van der Waals surface area contributed by atoms with Gasteiger partial charge in [-0.25, -0.2) is 0 Å². The summed E-state index contributed by atoms with van der Waals surface area (Å²) in [6.07, 6.45) is 2.44. The van der Waals surface area contributed by atoms with Crippen LogP contribution in [0.4, 0.5) is 0 Å². The Labute approximate surface area is 232 Å². The number of aliphatic carboxylic acids is 1. The van der Waals surface area contributed by atoms with Crippen molar-refractivity contribution >= 4 is 11.9 Å². The van der Waals surface area contributed by atoms with Crippen LogP contribution < -0.4 is 4.74 Å². The highest BCUT2D eigenvalue weighted by Gasteiger charge is 2.32. The summed E-state index contributed by atoms with van der Waals surface area (Å²) in [5.74, 6) is -0.0294. The fourth-order valence-electron chi connectivity index (χ4n) is 5.18. The predicted octanol–water partition coefficient (Wildman–Crippen LogP) is 7.16. The van der Waals surface area contributed by atoms with Crippen LogP contribution in [0.1, 0.15) is 92.1 Å². The van der Waals surface area contributed by atoms with Crippen molar-refractivity contribution in [1.29, 1.82) is 0 Å². The third-order valence-corrected chi connectivity index (χ3v) is 7.62. The van der Waals surface area contributed by atoms with Crippen molar-refractivity contribution in [1.82, 2.24) is 4.90 Å². The van der Waals surface area contributed by atoms with Gasteiger partial charge in [0.25, 0.3) is 5.91 Å². The molecule has 3 aromatic rings. The molecular weight excluding hydrogens is 486 g/mol. The molecule has 0 fully saturated rings. The summed E-state index contributed by atoms with van der Waals surface area (Å²) in [7, 11) is 0. The maximum atomic E-state index is 13.5. The number of hydrogen-bond donors (Lipinski definition) is 1. The van der Waals surface area contributed by atoms with E-state index in [1.54, 1.807) is 6.07 Å². The Morgan fingerprint density at radius 3 is 2.21 bits per heavy atom. The highest BCUT2D eigenvalue weighted by molar-refractivity contribution is 5.96. The second-order valence-corrected chi connectivity index (χ2v) is 12.4. The van der Waals surface area contributed by atoms with Crippen LogP contribution in [-0.4, -0.2) is 34.0 Å². The van der Waals surface area contributed by atoms with Crippen molar-refractivity contribution in [3.05, 3.63) is 100 Å². The molecule has 1 aliphatic rings. The van der Waals surface area contributed by atoms with Gasteiger partial charge in [-0.3, -0.25) is 9.59 Å². The van der Waals surface area contributed by atoms with Gasteiger partial charge in [-0.1, -0.05) is 83.1 Å². The number of benzene rings is 3. The Hall–Kier alpha value is -3.60. The van der Waals surface area contributed by atoms with Crippen LogP contribution in [-0.2, 0) is 29.6 Å². The molecule has 0 spiro atoms. The SMILES string of the molecule is CC(C)c1ccc(C[C@@]2(C)CCc3cc(C(=O)N(CC(=O)O)Cc4ccc(C(C)(C)C)cc4)ccc3O2)cc1. The van der Waals surface area contributed by atoms with Gasteiger partial charge in [0.1, 0.15) is 17.9 Å². The summed E-state index contributed by atoms with van der Waals surface area (Å²) in [6.45, 7) is 12.9. The van der Waals surface area contributed by atoms with Crippen LogP contribution >= 0.6 is 0 Å². The van der Waals surface area contributed by atoms with E-state index >= 15 is 0 Å². The molecule has 0 radical (unpaired) electrons. The number of carboxylic acid groups (broad SMARTS) is 1. The molecule has 1 N–H and O–H groups in total. The second kappa shape index (κ2) is 11.3. The molecule has 0 bridgehead atoms. The van der Waals surface area contributed by atoms with E-state index < -0.39 is 5.97 Å². The van der Waals surface area contributed by atoms with Crippen molar-refractivity contribution in [2.75, 3.05) is 6.54 Å². The van der Waals surface area contributed by atoms with Gasteiger partial charge in [-0.15, -0.1) is 0 Å². The van der Waals surface area contributed by atoms with Gasteiger partial charge < -0.3 is 14.7 Å². The fourth-order valence-corrected chi connectivity index (χ4v) is 5.18. The molecule has 206 valence electrons. The largest absolute Gasteiger partial charge is 0.487 e. The maximum Gasteiger partial charge on any atom is 0.323 e. The highest BCUT2D eigenvalue weighted by Crippen LogP contribution is 2.36. The highest BCUT2D eigenvalue weighted by atomic mass is 16.5. The summed E-state index contributed by atoms with van der Waals surface area (Å²) in [5.41, 5.74) is 5.83. The van der Waals surface area contributed by atoms with E-state index in [0.717, 1.165) is 36.1 Å². The number of carbonyl (C=O) groups is 2. The van der Waals surface area contributed by atoms with Gasteiger partial charge in [-0.05, 0) is 77.1 Å². The van der Waals surface area contributed by atoms with E-state index in [9.17, 15) is 14.7 Å². The zero-order chi connectivity index (χ0) is 28.4. The monoisotopic (exact) mass is 527 g/mol. The standard InChI is InChI=1S/C34H41NO4/c1-23(2)26-11-7-24(8-12-26)20-34(6)18-17-27-19-28(13-16-30(27)39-34)32(38)35(22-31(36)37)21-25-9-14-29(15-10-25)33(3,4)5/h7-16,19,23H,17-18,20-22H2,1-6H3,(H,36,37)/t34-/m1/s1. The molecule has 1 atom stereocenters. The zero-order valence-corrected chi connectivity index (χ0v) is 24.1. The first kappa shape index (κ1) is 28.4. The van der Waals surface area contributed by atoms with E-state index in [-0.39, 0.29) is 30.0 Å².